The van der Waals surface area contributed by atoms with Crippen molar-refractivity contribution in [3.63, 3.8) is 0 Å². The van der Waals surface area contributed by atoms with Crippen molar-refractivity contribution in [3.8, 4) is 0 Å². The van der Waals surface area contributed by atoms with Gasteiger partial charge in [0.25, 0.3) is 0 Å². The minimum atomic E-state index is -0.685. The average molecular weight is 637 g/mol. The van der Waals surface area contributed by atoms with Crippen LogP contribution in [0.4, 0.5) is 0 Å². The van der Waals surface area contributed by atoms with Crippen molar-refractivity contribution in [1.82, 2.24) is 0 Å². The second-order valence-corrected chi connectivity index (χ2v) is 12.4. The van der Waals surface area contributed by atoms with E-state index < -0.39 is 36.0 Å². The molecule has 0 aliphatic heterocycles. The Hall–Kier alpha value is -3.96. The number of hydrogen-bond acceptors (Lipinski definition) is 10. The molecule has 4 rings (SSSR count). The molecule has 4 atom stereocenters. The summed E-state index contributed by atoms with van der Waals surface area (Å²) in [6.07, 6.45) is -1.21. The maximum atomic E-state index is 12.3. The third-order valence-electron chi connectivity index (χ3n) is 6.38. The second-order valence-electron chi connectivity index (χ2n) is 10.1. The molecule has 0 aliphatic rings. The van der Waals surface area contributed by atoms with Crippen LogP contribution < -0.4 is 0 Å². The Bertz CT molecular complexity index is 1520. The largest absolute Gasteiger partial charge is 0.462 e. The minimum absolute atomic E-state index is 0.0235. The normalized spacial score (nSPS) is 13.4. The van der Waals surface area contributed by atoms with Crippen molar-refractivity contribution in [3.05, 3.63) is 116 Å². The van der Waals surface area contributed by atoms with Gasteiger partial charge in [0, 0.05) is 20.9 Å². The van der Waals surface area contributed by atoms with Gasteiger partial charge in [0.1, 0.15) is 12.7 Å². The molecule has 44 heavy (non-hydrogen) atoms. The third kappa shape index (κ3) is 9.78. The zero-order valence-electron chi connectivity index (χ0n) is 25.0. The van der Waals surface area contributed by atoms with Crippen LogP contribution >= 0.6 is 22.7 Å². The van der Waals surface area contributed by atoms with E-state index >= 15 is 0 Å². The summed E-state index contributed by atoms with van der Waals surface area (Å²) in [7, 11) is 0. The number of hydrogen-bond donors (Lipinski definition) is 2. The van der Waals surface area contributed by atoms with E-state index in [0.717, 1.165) is 9.75 Å². The van der Waals surface area contributed by atoms with Gasteiger partial charge in [-0.15, -0.1) is 22.7 Å². The first-order chi connectivity index (χ1) is 21.0. The fraction of sp³-hybridized carbons (Fsp3) is 0.294. The number of aliphatic hydroxyl groups excluding tert-OH is 2. The molecular weight excluding hydrogens is 601 g/mol. The summed E-state index contributed by atoms with van der Waals surface area (Å²) in [6, 6.07) is 25.1. The summed E-state index contributed by atoms with van der Waals surface area (Å²) in [6.45, 7) is 6.41. The Morgan fingerprint density at radius 2 is 1.09 bits per heavy atom. The van der Waals surface area contributed by atoms with Gasteiger partial charge >= 0.3 is 11.9 Å². The second kappa shape index (κ2) is 16.8. The Morgan fingerprint density at radius 3 is 1.50 bits per heavy atom. The van der Waals surface area contributed by atoms with Crippen molar-refractivity contribution < 1.29 is 38.9 Å². The number of esters is 2. The molecule has 8 nitrogen and oxygen atoms in total. The van der Waals surface area contributed by atoms with E-state index in [-0.39, 0.29) is 24.8 Å². The van der Waals surface area contributed by atoms with Crippen LogP contribution in [-0.4, -0.2) is 59.1 Å². The molecule has 2 aromatic heterocycles. The number of rotatable bonds is 12. The van der Waals surface area contributed by atoms with Crippen LogP contribution in [0.15, 0.2) is 84.9 Å². The van der Waals surface area contributed by atoms with E-state index in [1.807, 2.05) is 36.4 Å². The lowest BCUT2D eigenvalue weighted by atomic mass is 10.1. The summed E-state index contributed by atoms with van der Waals surface area (Å²) < 4.78 is 10.1. The molecule has 0 saturated heterocycles. The molecule has 2 aromatic carbocycles. The van der Waals surface area contributed by atoms with E-state index in [4.69, 9.17) is 19.7 Å². The quantitative estimate of drug-likeness (QED) is 0.143. The van der Waals surface area contributed by atoms with Gasteiger partial charge in [0.15, 0.2) is 0 Å². The topological polar surface area (TPSA) is 127 Å². The Labute approximate surface area is 264 Å². The monoisotopic (exact) mass is 636 g/mol. The van der Waals surface area contributed by atoms with Crippen molar-refractivity contribution in [2.24, 2.45) is 0 Å². The molecule has 0 radical (unpaired) electrons. The molecule has 4 unspecified atom stereocenters. The zero-order valence-corrected chi connectivity index (χ0v) is 26.6. The van der Waals surface area contributed by atoms with Gasteiger partial charge in [-0.3, -0.25) is 19.2 Å². The summed E-state index contributed by atoms with van der Waals surface area (Å²) in [5.74, 6) is -1.83. The van der Waals surface area contributed by atoms with Crippen molar-refractivity contribution >= 4 is 46.2 Å². The minimum Gasteiger partial charge on any atom is -0.462 e. The molecule has 0 bridgehead atoms. The van der Waals surface area contributed by atoms with Gasteiger partial charge in [-0.25, -0.2) is 0 Å². The Balaban J connectivity index is 0.000000240. The number of benzene rings is 2. The van der Waals surface area contributed by atoms with Gasteiger partial charge in [0.2, 0.25) is 11.6 Å². The number of aliphatic hydroxyl groups is 2. The molecule has 0 fully saturated rings. The van der Waals surface area contributed by atoms with Crippen LogP contribution in [0.2, 0.25) is 0 Å². The molecule has 0 amide bonds. The SMILES string of the molecule is CC(CO)OC(=O)C(C)c1ccc(C(=O)c2ccccc2)s1.CC(O)COC(=O)C(C)c1ccc(C(=O)c2ccccc2)s1. The summed E-state index contributed by atoms with van der Waals surface area (Å²) >= 11 is 2.59. The fourth-order valence-corrected chi connectivity index (χ4v) is 5.80. The molecule has 4 aromatic rings. The highest BCUT2D eigenvalue weighted by Crippen LogP contribution is 2.29. The van der Waals surface area contributed by atoms with Gasteiger partial charge in [-0.1, -0.05) is 60.7 Å². The summed E-state index contributed by atoms with van der Waals surface area (Å²) in [4.78, 5) is 51.2. The highest BCUT2D eigenvalue weighted by Gasteiger charge is 2.23. The van der Waals surface area contributed by atoms with Crippen LogP contribution in [0.1, 0.15) is 79.8 Å². The lowest BCUT2D eigenvalue weighted by Gasteiger charge is -2.13. The van der Waals surface area contributed by atoms with E-state index in [1.165, 1.54) is 22.7 Å². The van der Waals surface area contributed by atoms with Crippen LogP contribution in [0, 0.1) is 0 Å². The molecule has 0 saturated carbocycles. The van der Waals surface area contributed by atoms with Crippen LogP contribution in [0.25, 0.3) is 0 Å². The molecule has 232 valence electrons. The molecular formula is C34H36O8S2. The van der Waals surface area contributed by atoms with E-state index in [2.05, 4.69) is 0 Å². The van der Waals surface area contributed by atoms with E-state index in [9.17, 15) is 19.2 Å². The van der Waals surface area contributed by atoms with Crippen LogP contribution in [-0.2, 0) is 19.1 Å². The molecule has 0 aliphatic carbocycles. The van der Waals surface area contributed by atoms with E-state index in [1.54, 1.807) is 76.2 Å². The van der Waals surface area contributed by atoms with Crippen molar-refractivity contribution in [1.29, 1.82) is 0 Å². The van der Waals surface area contributed by atoms with Gasteiger partial charge in [0.05, 0.1) is 34.3 Å². The van der Waals surface area contributed by atoms with Crippen molar-refractivity contribution in [2.45, 2.75) is 51.7 Å². The first-order valence-corrected chi connectivity index (χ1v) is 15.7. The first-order valence-electron chi connectivity index (χ1n) is 14.1. The lowest BCUT2D eigenvalue weighted by Crippen LogP contribution is -2.21. The Kier molecular flexibility index (Phi) is 13.2. The zero-order chi connectivity index (χ0) is 32.2. The summed E-state index contributed by atoms with van der Waals surface area (Å²) in [5, 5.41) is 18.1. The van der Waals surface area contributed by atoms with E-state index in [0.29, 0.717) is 20.9 Å². The fourth-order valence-electron chi connectivity index (χ4n) is 3.78. The maximum Gasteiger partial charge on any atom is 0.314 e. The first kappa shape index (κ1) is 34.5. The number of thiophene rings is 2. The van der Waals surface area contributed by atoms with Gasteiger partial charge < -0.3 is 19.7 Å². The van der Waals surface area contributed by atoms with Gasteiger partial charge in [-0.2, -0.15) is 0 Å². The Morgan fingerprint density at radius 1 is 0.659 bits per heavy atom. The van der Waals surface area contributed by atoms with Crippen LogP contribution in [0.5, 0.6) is 0 Å². The smallest absolute Gasteiger partial charge is 0.314 e. The number of carbonyl (C=O) groups is 4. The average Bonchev–Trinajstić information content (AvgIpc) is 3.74. The van der Waals surface area contributed by atoms with Crippen molar-refractivity contribution in [2.75, 3.05) is 13.2 Å². The predicted molar refractivity (Wildman–Crippen MR) is 170 cm³/mol. The van der Waals surface area contributed by atoms with Crippen LogP contribution in [0.3, 0.4) is 0 Å². The maximum absolute atomic E-state index is 12.3. The standard InChI is InChI=1S/2C17H18O4S/c1-11(18)10-21-17(20)12(2)14-8-9-15(22-14)16(19)13-6-4-3-5-7-13;1-11(10-18)21-17(20)12(2)14-8-9-15(22-14)16(19)13-6-4-3-5-7-13/h2*3-9,11-12,18H,10H2,1-2H3. The lowest BCUT2D eigenvalue weighted by molar-refractivity contribution is -0.151. The molecule has 0 spiro atoms. The third-order valence-corrected chi connectivity index (χ3v) is 8.91. The van der Waals surface area contributed by atoms with Gasteiger partial charge in [-0.05, 0) is 52.0 Å². The highest BCUT2D eigenvalue weighted by molar-refractivity contribution is 7.14. The predicted octanol–water partition coefficient (Wildman–Crippen LogP) is 6.01. The molecule has 2 N–H and O–H groups in total. The molecule has 2 heterocycles. The number of ether oxygens (including phenoxy) is 2. The summed E-state index contributed by atoms with van der Waals surface area (Å²) in [5.41, 5.74) is 1.25. The highest BCUT2D eigenvalue weighted by atomic mass is 32.1. The molecule has 10 heteroatoms. The number of carbonyl (C=O) groups excluding carboxylic acids is 4. The number of ketones is 2.